The van der Waals surface area contributed by atoms with Gasteiger partial charge in [0, 0.05) is 12.0 Å². The third kappa shape index (κ3) is 4.59. The molecule has 0 aromatic carbocycles. The Morgan fingerprint density at radius 3 is 2.30 bits per heavy atom. The molecular formula is C16H28O3Si. The van der Waals surface area contributed by atoms with Crippen molar-refractivity contribution in [3.05, 3.63) is 0 Å². The van der Waals surface area contributed by atoms with Gasteiger partial charge < -0.3 is 14.6 Å². The molecule has 0 spiro atoms. The number of aliphatic hydroxyl groups excluding tert-OH is 1. The standard InChI is InChI=1S/C16H28O3Si/c1-16(18-11-12-19-16)10-9-14(20(2,3)4)7-8-15(17)13-5-6-13/h13-15,17H,5-6,9-12H2,1-4H3. The van der Waals surface area contributed by atoms with Crippen LogP contribution in [-0.2, 0) is 9.47 Å². The van der Waals surface area contributed by atoms with Gasteiger partial charge >= 0.3 is 0 Å². The highest BCUT2D eigenvalue weighted by molar-refractivity contribution is 6.78. The second-order valence-electron chi connectivity index (χ2n) is 7.36. The van der Waals surface area contributed by atoms with Gasteiger partial charge in [-0.3, -0.25) is 0 Å². The van der Waals surface area contributed by atoms with Gasteiger partial charge in [0.25, 0.3) is 0 Å². The summed E-state index contributed by atoms with van der Waals surface area (Å²) in [5.41, 5.74) is 0.389. The zero-order chi connectivity index (χ0) is 14.8. The summed E-state index contributed by atoms with van der Waals surface area (Å²) in [6, 6.07) is 0. The van der Waals surface area contributed by atoms with E-state index in [4.69, 9.17) is 9.47 Å². The molecule has 2 unspecified atom stereocenters. The fourth-order valence-electron chi connectivity index (χ4n) is 2.55. The van der Waals surface area contributed by atoms with Crippen LogP contribution in [0, 0.1) is 17.8 Å². The average Bonchev–Trinajstić information content (AvgIpc) is 3.11. The predicted octanol–water partition coefficient (Wildman–Crippen LogP) is 3.01. The quantitative estimate of drug-likeness (QED) is 0.626. The van der Waals surface area contributed by atoms with Crippen LogP contribution in [-0.4, -0.2) is 38.3 Å². The van der Waals surface area contributed by atoms with E-state index in [0.717, 1.165) is 25.7 Å². The SMILES string of the molecule is CC1(CCC(C#CC(O)C2CC2)[Si](C)(C)C)OCCO1. The molecule has 3 nitrogen and oxygen atoms in total. The molecule has 0 aromatic heterocycles. The molecule has 2 rings (SSSR count). The molecule has 1 N–H and O–H groups in total. The zero-order valence-corrected chi connectivity index (χ0v) is 14.2. The maximum atomic E-state index is 9.93. The maximum absolute atomic E-state index is 9.93. The molecule has 1 aliphatic heterocycles. The van der Waals surface area contributed by atoms with Crippen LogP contribution in [0.25, 0.3) is 0 Å². The third-order valence-electron chi connectivity index (χ3n) is 4.30. The second-order valence-corrected chi connectivity index (χ2v) is 12.8. The molecule has 20 heavy (non-hydrogen) atoms. The molecule has 0 amide bonds. The van der Waals surface area contributed by atoms with E-state index in [-0.39, 0.29) is 0 Å². The highest BCUT2D eigenvalue weighted by Gasteiger charge is 2.34. The van der Waals surface area contributed by atoms with Crippen molar-refractivity contribution in [2.45, 2.75) is 69.7 Å². The van der Waals surface area contributed by atoms with Crippen molar-refractivity contribution in [3.63, 3.8) is 0 Å². The predicted molar refractivity (Wildman–Crippen MR) is 83.1 cm³/mol. The van der Waals surface area contributed by atoms with Gasteiger partial charge in [-0.15, -0.1) is 5.92 Å². The Labute approximate surface area is 124 Å². The summed E-state index contributed by atoms with van der Waals surface area (Å²) in [4.78, 5) is 0. The first-order chi connectivity index (χ1) is 9.30. The zero-order valence-electron chi connectivity index (χ0n) is 13.2. The first-order valence-corrected chi connectivity index (χ1v) is 11.3. The van der Waals surface area contributed by atoms with E-state index in [1.807, 2.05) is 6.92 Å². The van der Waals surface area contributed by atoms with Crippen LogP contribution in [0.1, 0.15) is 32.6 Å². The van der Waals surface area contributed by atoms with Crippen LogP contribution in [0.2, 0.25) is 25.2 Å². The Hall–Kier alpha value is -0.343. The fourth-order valence-corrected chi connectivity index (χ4v) is 4.07. The maximum Gasteiger partial charge on any atom is 0.165 e. The van der Waals surface area contributed by atoms with Gasteiger partial charge in [-0.25, -0.2) is 0 Å². The summed E-state index contributed by atoms with van der Waals surface area (Å²) >= 11 is 0. The van der Waals surface area contributed by atoms with Gasteiger partial charge in [0.05, 0.1) is 21.3 Å². The molecule has 1 saturated heterocycles. The lowest BCUT2D eigenvalue weighted by Gasteiger charge is -2.28. The highest BCUT2D eigenvalue weighted by atomic mass is 28.3. The minimum Gasteiger partial charge on any atom is -0.380 e. The van der Waals surface area contributed by atoms with E-state index < -0.39 is 20.0 Å². The minimum atomic E-state index is -1.37. The number of ether oxygens (including phenoxy) is 2. The molecule has 0 aromatic rings. The largest absolute Gasteiger partial charge is 0.380 e. The molecule has 0 bridgehead atoms. The first-order valence-electron chi connectivity index (χ1n) is 7.77. The molecule has 2 aliphatic rings. The van der Waals surface area contributed by atoms with Crippen molar-refractivity contribution in [2.24, 2.45) is 5.92 Å². The van der Waals surface area contributed by atoms with Crippen molar-refractivity contribution < 1.29 is 14.6 Å². The number of aliphatic hydroxyl groups is 1. The minimum absolute atomic E-state index is 0.389. The summed E-state index contributed by atoms with van der Waals surface area (Å²) in [7, 11) is -1.37. The third-order valence-corrected chi connectivity index (χ3v) is 6.83. The van der Waals surface area contributed by atoms with Crippen molar-refractivity contribution in [2.75, 3.05) is 13.2 Å². The van der Waals surface area contributed by atoms with E-state index in [1.165, 1.54) is 0 Å². The smallest absolute Gasteiger partial charge is 0.165 e. The molecule has 1 heterocycles. The van der Waals surface area contributed by atoms with Gasteiger partial charge in [-0.1, -0.05) is 25.6 Å². The summed E-state index contributed by atoms with van der Waals surface area (Å²) in [5.74, 6) is 6.48. The lowest BCUT2D eigenvalue weighted by molar-refractivity contribution is -0.147. The normalized spacial score (nSPS) is 24.9. The van der Waals surface area contributed by atoms with Gasteiger partial charge in [-0.2, -0.15) is 0 Å². The molecule has 0 radical (unpaired) electrons. The number of hydrogen-bond donors (Lipinski definition) is 1. The van der Waals surface area contributed by atoms with Crippen LogP contribution < -0.4 is 0 Å². The number of rotatable bonds is 5. The summed E-state index contributed by atoms with van der Waals surface area (Å²) in [6.07, 6.45) is 3.73. The van der Waals surface area contributed by atoms with E-state index in [2.05, 4.69) is 31.5 Å². The first kappa shape index (κ1) is 16.0. The molecule has 1 aliphatic carbocycles. The van der Waals surface area contributed by atoms with Crippen LogP contribution >= 0.6 is 0 Å². The van der Waals surface area contributed by atoms with Crippen LogP contribution in [0.3, 0.4) is 0 Å². The van der Waals surface area contributed by atoms with Crippen molar-refractivity contribution in [1.29, 1.82) is 0 Å². The summed E-state index contributed by atoms with van der Waals surface area (Å²) < 4.78 is 11.3. The van der Waals surface area contributed by atoms with E-state index in [9.17, 15) is 5.11 Å². The second kappa shape index (κ2) is 6.19. The molecule has 2 atom stereocenters. The van der Waals surface area contributed by atoms with Crippen LogP contribution in [0.5, 0.6) is 0 Å². The van der Waals surface area contributed by atoms with Crippen molar-refractivity contribution >= 4 is 8.07 Å². The fraction of sp³-hybridized carbons (Fsp3) is 0.875. The van der Waals surface area contributed by atoms with Gasteiger partial charge in [0.15, 0.2) is 5.79 Å². The Bertz CT molecular complexity index is 381. The highest BCUT2D eigenvalue weighted by Crippen LogP contribution is 2.34. The van der Waals surface area contributed by atoms with E-state index in [1.54, 1.807) is 0 Å². The van der Waals surface area contributed by atoms with E-state index >= 15 is 0 Å². The van der Waals surface area contributed by atoms with Crippen LogP contribution in [0.4, 0.5) is 0 Å². The van der Waals surface area contributed by atoms with Crippen molar-refractivity contribution in [1.82, 2.24) is 0 Å². The van der Waals surface area contributed by atoms with Gasteiger partial charge in [-0.05, 0) is 32.1 Å². The Kier molecular flexibility index (Phi) is 4.96. The molecule has 114 valence electrons. The van der Waals surface area contributed by atoms with Gasteiger partial charge in [0.2, 0.25) is 0 Å². The molecule has 1 saturated carbocycles. The molecular weight excluding hydrogens is 268 g/mol. The lowest BCUT2D eigenvalue weighted by Crippen LogP contribution is -2.31. The topological polar surface area (TPSA) is 38.7 Å². The van der Waals surface area contributed by atoms with Crippen molar-refractivity contribution in [3.8, 4) is 11.8 Å². The summed E-state index contributed by atoms with van der Waals surface area (Å²) in [5, 5.41) is 9.93. The average molecular weight is 296 g/mol. The van der Waals surface area contributed by atoms with E-state index in [0.29, 0.717) is 24.7 Å². The Morgan fingerprint density at radius 1 is 1.20 bits per heavy atom. The summed E-state index contributed by atoms with van der Waals surface area (Å²) in [6.45, 7) is 10.4. The lowest BCUT2D eigenvalue weighted by atomic mass is 10.1. The van der Waals surface area contributed by atoms with Gasteiger partial charge in [0.1, 0.15) is 6.10 Å². The Balaban J connectivity index is 1.93. The van der Waals surface area contributed by atoms with Crippen LogP contribution in [0.15, 0.2) is 0 Å². The monoisotopic (exact) mass is 296 g/mol. The Morgan fingerprint density at radius 2 is 1.80 bits per heavy atom. The molecule has 2 fully saturated rings. The number of hydrogen-bond acceptors (Lipinski definition) is 3. The molecule has 4 heteroatoms.